The molecule has 1 aromatic carbocycles. The molecule has 1 aliphatic rings. The van der Waals surface area contributed by atoms with Gasteiger partial charge in [0.2, 0.25) is 0 Å². The molecule has 0 spiro atoms. The lowest BCUT2D eigenvalue weighted by Gasteiger charge is -2.35. The van der Waals surface area contributed by atoms with E-state index in [9.17, 15) is 0 Å². The van der Waals surface area contributed by atoms with Gasteiger partial charge in [-0.05, 0) is 30.5 Å². The van der Waals surface area contributed by atoms with Gasteiger partial charge in [0.05, 0.1) is 11.4 Å². The summed E-state index contributed by atoms with van der Waals surface area (Å²) >= 11 is 0. The van der Waals surface area contributed by atoms with Gasteiger partial charge < -0.3 is 10.2 Å². The molecule has 82 valence electrons. The van der Waals surface area contributed by atoms with Gasteiger partial charge in [-0.25, -0.2) is 0 Å². The summed E-state index contributed by atoms with van der Waals surface area (Å²) in [6.07, 6.45) is 0. The smallest absolute Gasteiger partial charge is 0.0605 e. The average Bonchev–Trinajstić information content (AvgIpc) is 2.23. The Balaban J connectivity index is 2.41. The molecule has 0 aliphatic carbocycles. The molecule has 1 aromatic rings. The van der Waals surface area contributed by atoms with Crippen molar-refractivity contribution in [3.63, 3.8) is 0 Å². The monoisotopic (exact) mass is 204 g/mol. The fraction of sp³-hybridized carbons (Fsp3) is 0.538. The number of nitrogens with zero attached hydrogens (tertiary/aromatic N) is 1. The highest BCUT2D eigenvalue weighted by Crippen LogP contribution is 2.33. The number of likely N-dealkylation sites (N-methyl/N-ethyl adjacent to an activating group) is 1. The zero-order valence-electron chi connectivity index (χ0n) is 10.0. The summed E-state index contributed by atoms with van der Waals surface area (Å²) in [5.41, 5.74) is 4.01. The van der Waals surface area contributed by atoms with Crippen molar-refractivity contribution in [2.75, 3.05) is 23.8 Å². The Bertz CT molecular complexity index is 358. The number of fused-ring (bicyclic) bond motifs is 1. The number of benzene rings is 1. The van der Waals surface area contributed by atoms with Crippen molar-refractivity contribution in [2.45, 2.75) is 32.7 Å². The lowest BCUT2D eigenvalue weighted by atomic mass is 10.00. The first-order valence-corrected chi connectivity index (χ1v) is 5.70. The minimum absolute atomic E-state index is 0.569. The van der Waals surface area contributed by atoms with Gasteiger partial charge in [-0.2, -0.15) is 0 Å². The minimum atomic E-state index is 0.569. The standard InChI is InChI=1S/C13H20N2/c1-9(2)11-5-6-12-13(7-11)15(4)10(3)8-14-12/h5-7,9-10,14H,8H2,1-4H3. The first-order chi connectivity index (χ1) is 7.09. The minimum Gasteiger partial charge on any atom is -0.381 e. The van der Waals surface area contributed by atoms with Crippen LogP contribution in [0.3, 0.4) is 0 Å². The number of hydrogen-bond donors (Lipinski definition) is 1. The molecule has 0 amide bonds. The molecular weight excluding hydrogens is 184 g/mol. The lowest BCUT2D eigenvalue weighted by molar-refractivity contribution is 0.697. The Morgan fingerprint density at radius 1 is 1.40 bits per heavy atom. The van der Waals surface area contributed by atoms with Crippen LogP contribution in [0.25, 0.3) is 0 Å². The Hall–Kier alpha value is -1.18. The summed E-state index contributed by atoms with van der Waals surface area (Å²) < 4.78 is 0. The van der Waals surface area contributed by atoms with Gasteiger partial charge in [0.25, 0.3) is 0 Å². The van der Waals surface area contributed by atoms with Gasteiger partial charge >= 0.3 is 0 Å². The molecule has 1 atom stereocenters. The molecule has 2 heteroatoms. The van der Waals surface area contributed by atoms with Crippen LogP contribution in [0.5, 0.6) is 0 Å². The molecule has 0 fully saturated rings. The summed E-state index contributed by atoms with van der Waals surface area (Å²) in [5, 5.41) is 3.47. The third-order valence-electron chi connectivity index (χ3n) is 3.32. The molecule has 1 heterocycles. The van der Waals surface area contributed by atoms with Crippen molar-refractivity contribution in [1.29, 1.82) is 0 Å². The normalized spacial score (nSPS) is 20.1. The fourth-order valence-electron chi connectivity index (χ4n) is 1.98. The molecule has 0 radical (unpaired) electrons. The Labute approximate surface area is 92.3 Å². The van der Waals surface area contributed by atoms with Crippen LogP contribution in [-0.2, 0) is 0 Å². The highest BCUT2D eigenvalue weighted by molar-refractivity contribution is 5.73. The van der Waals surface area contributed by atoms with Crippen LogP contribution in [0.1, 0.15) is 32.3 Å². The number of anilines is 2. The topological polar surface area (TPSA) is 15.3 Å². The quantitative estimate of drug-likeness (QED) is 0.756. The van der Waals surface area contributed by atoms with E-state index < -0.39 is 0 Å². The van der Waals surface area contributed by atoms with Crippen molar-refractivity contribution < 1.29 is 0 Å². The van der Waals surface area contributed by atoms with Gasteiger partial charge in [-0.3, -0.25) is 0 Å². The Kier molecular flexibility index (Phi) is 2.59. The molecule has 0 bridgehead atoms. The van der Waals surface area contributed by atoms with Crippen molar-refractivity contribution >= 4 is 11.4 Å². The maximum absolute atomic E-state index is 3.47. The third kappa shape index (κ3) is 1.81. The van der Waals surface area contributed by atoms with E-state index in [0.29, 0.717) is 12.0 Å². The molecule has 0 saturated carbocycles. The van der Waals surface area contributed by atoms with Gasteiger partial charge in [-0.1, -0.05) is 19.9 Å². The summed E-state index contributed by atoms with van der Waals surface area (Å²) in [5.74, 6) is 0.598. The van der Waals surface area contributed by atoms with Crippen LogP contribution >= 0.6 is 0 Å². The van der Waals surface area contributed by atoms with Crippen molar-refractivity contribution in [3.8, 4) is 0 Å². The number of rotatable bonds is 1. The van der Waals surface area contributed by atoms with Gasteiger partial charge in [0.15, 0.2) is 0 Å². The van der Waals surface area contributed by atoms with Crippen LogP contribution in [-0.4, -0.2) is 19.6 Å². The summed E-state index contributed by atoms with van der Waals surface area (Å²) in [4.78, 5) is 2.36. The molecule has 15 heavy (non-hydrogen) atoms. The molecule has 2 rings (SSSR count). The predicted molar refractivity (Wildman–Crippen MR) is 66.9 cm³/mol. The lowest BCUT2D eigenvalue weighted by Crippen LogP contribution is -2.39. The van der Waals surface area contributed by atoms with Crippen molar-refractivity contribution in [3.05, 3.63) is 23.8 Å². The molecule has 1 unspecified atom stereocenters. The van der Waals surface area contributed by atoms with E-state index >= 15 is 0 Å². The Morgan fingerprint density at radius 2 is 2.13 bits per heavy atom. The predicted octanol–water partition coefficient (Wildman–Crippen LogP) is 3.06. The van der Waals surface area contributed by atoms with Crippen LogP contribution in [0.2, 0.25) is 0 Å². The summed E-state index contributed by atoms with van der Waals surface area (Å²) in [6, 6.07) is 7.30. The van der Waals surface area contributed by atoms with E-state index in [0.717, 1.165) is 6.54 Å². The maximum atomic E-state index is 3.47. The zero-order valence-corrected chi connectivity index (χ0v) is 10.0. The van der Waals surface area contributed by atoms with E-state index in [1.54, 1.807) is 0 Å². The summed E-state index contributed by atoms with van der Waals surface area (Å²) in [6.45, 7) is 7.76. The molecule has 0 aromatic heterocycles. The molecule has 0 saturated heterocycles. The molecular formula is C13H20N2. The SMILES string of the molecule is CC(C)c1ccc2c(c1)N(C)C(C)CN2. The maximum Gasteiger partial charge on any atom is 0.0605 e. The third-order valence-corrected chi connectivity index (χ3v) is 3.32. The molecule has 2 nitrogen and oxygen atoms in total. The highest BCUT2D eigenvalue weighted by atomic mass is 15.2. The van der Waals surface area contributed by atoms with E-state index in [1.165, 1.54) is 16.9 Å². The van der Waals surface area contributed by atoms with E-state index in [-0.39, 0.29) is 0 Å². The average molecular weight is 204 g/mol. The van der Waals surface area contributed by atoms with E-state index in [4.69, 9.17) is 0 Å². The first-order valence-electron chi connectivity index (χ1n) is 5.70. The van der Waals surface area contributed by atoms with Crippen LogP contribution in [0.15, 0.2) is 18.2 Å². The second-order valence-electron chi connectivity index (χ2n) is 4.77. The van der Waals surface area contributed by atoms with Crippen molar-refractivity contribution in [1.82, 2.24) is 0 Å². The zero-order chi connectivity index (χ0) is 11.0. The van der Waals surface area contributed by atoms with Crippen LogP contribution in [0, 0.1) is 0 Å². The number of hydrogen-bond acceptors (Lipinski definition) is 2. The van der Waals surface area contributed by atoms with Crippen LogP contribution < -0.4 is 10.2 Å². The van der Waals surface area contributed by atoms with E-state index in [2.05, 4.69) is 56.2 Å². The van der Waals surface area contributed by atoms with Gasteiger partial charge in [0.1, 0.15) is 0 Å². The Morgan fingerprint density at radius 3 is 2.80 bits per heavy atom. The summed E-state index contributed by atoms with van der Waals surface area (Å²) in [7, 11) is 2.18. The van der Waals surface area contributed by atoms with Crippen LogP contribution in [0.4, 0.5) is 11.4 Å². The largest absolute Gasteiger partial charge is 0.381 e. The highest BCUT2D eigenvalue weighted by Gasteiger charge is 2.19. The fourth-order valence-corrected chi connectivity index (χ4v) is 1.98. The van der Waals surface area contributed by atoms with Gasteiger partial charge in [0, 0.05) is 19.6 Å². The second-order valence-corrected chi connectivity index (χ2v) is 4.77. The molecule has 1 N–H and O–H groups in total. The number of nitrogens with one attached hydrogen (secondary N) is 1. The van der Waals surface area contributed by atoms with Crippen molar-refractivity contribution in [2.24, 2.45) is 0 Å². The van der Waals surface area contributed by atoms with E-state index in [1.807, 2.05) is 0 Å². The first kappa shape index (κ1) is 10.3. The van der Waals surface area contributed by atoms with Gasteiger partial charge in [-0.15, -0.1) is 0 Å². The second kappa shape index (κ2) is 3.76. The molecule has 1 aliphatic heterocycles.